The molecule has 198 valence electrons. The number of carbonyl (C=O) groups is 1. The smallest absolute Gasteiger partial charge is 0.395 e. The molecule has 2 heterocycles. The number of nitrogens with zero attached hydrogens (tertiary/aromatic N) is 2. The summed E-state index contributed by atoms with van der Waals surface area (Å²) < 4.78 is 68.7. The zero-order valence-electron chi connectivity index (χ0n) is 19.7. The first-order valence-corrected chi connectivity index (χ1v) is 11.1. The Morgan fingerprint density at radius 1 is 1.00 bits per heavy atom. The molecule has 0 aliphatic rings. The number of alkyl halides is 3. The number of rotatable bonds is 6. The van der Waals surface area contributed by atoms with Crippen LogP contribution >= 0.6 is 0 Å². The van der Waals surface area contributed by atoms with Gasteiger partial charge in [0.15, 0.2) is 0 Å². The molecule has 4 aromatic rings. The Bertz CT molecular complexity index is 1590. The van der Waals surface area contributed by atoms with Crippen LogP contribution in [0.1, 0.15) is 5.56 Å². The van der Waals surface area contributed by atoms with Crippen molar-refractivity contribution in [2.24, 2.45) is 0 Å². The second kappa shape index (κ2) is 10.5. The minimum Gasteiger partial charge on any atom is -0.395 e. The number of aromatic nitrogens is 2. The number of anilines is 3. The van der Waals surface area contributed by atoms with E-state index in [1.54, 1.807) is 13.1 Å². The van der Waals surface area contributed by atoms with E-state index in [0.717, 1.165) is 12.1 Å². The van der Waals surface area contributed by atoms with Gasteiger partial charge in [0.25, 0.3) is 5.56 Å². The molecule has 0 atom stereocenters. The minimum absolute atomic E-state index is 0.0341. The van der Waals surface area contributed by atoms with Gasteiger partial charge in [0.05, 0.1) is 29.1 Å². The number of nitrogens with one attached hydrogen (secondary N) is 3. The topological polar surface area (TPSA) is 108 Å². The standard InChI is InChI=1S/C25H20F5N5O3/c1-31-22-11-21-14(12-32-22)8-16(23(37)35(21)6-7-36)13-2-4-17(26)19(9-13)33-24(38)34-20-10-15(25(28,29)30)3-5-18(20)27/h2-5,8-12,36H,6-7H2,1H3,(H,31,32)(H2,33,34,38). The van der Waals surface area contributed by atoms with E-state index < -0.39 is 46.3 Å². The van der Waals surface area contributed by atoms with Crippen LogP contribution in [0.5, 0.6) is 0 Å². The van der Waals surface area contributed by atoms with Gasteiger partial charge in [0.2, 0.25) is 0 Å². The van der Waals surface area contributed by atoms with Crippen LogP contribution in [0, 0.1) is 11.6 Å². The molecule has 38 heavy (non-hydrogen) atoms. The summed E-state index contributed by atoms with van der Waals surface area (Å²) in [6.45, 7) is -0.369. The number of hydrogen-bond acceptors (Lipinski definition) is 5. The summed E-state index contributed by atoms with van der Waals surface area (Å²) in [6.07, 6.45) is -3.26. The number of aliphatic hydroxyl groups excluding tert-OH is 1. The van der Waals surface area contributed by atoms with Crippen molar-refractivity contribution in [3.63, 3.8) is 0 Å². The highest BCUT2D eigenvalue weighted by molar-refractivity contribution is 6.00. The number of hydrogen-bond donors (Lipinski definition) is 4. The van der Waals surface area contributed by atoms with Crippen molar-refractivity contribution >= 4 is 34.1 Å². The summed E-state index contributed by atoms with van der Waals surface area (Å²) in [5.74, 6) is -1.55. The second-order valence-electron chi connectivity index (χ2n) is 8.08. The molecule has 0 bridgehead atoms. The molecule has 13 heteroatoms. The predicted octanol–water partition coefficient (Wildman–Crippen LogP) is 5.04. The zero-order chi connectivity index (χ0) is 27.6. The molecular weight excluding hydrogens is 513 g/mol. The molecule has 8 nitrogen and oxygen atoms in total. The van der Waals surface area contributed by atoms with Crippen LogP contribution in [-0.4, -0.2) is 34.3 Å². The van der Waals surface area contributed by atoms with Crippen molar-refractivity contribution in [3.05, 3.63) is 82.3 Å². The summed E-state index contributed by atoms with van der Waals surface area (Å²) in [4.78, 5) is 29.9. The highest BCUT2D eigenvalue weighted by Crippen LogP contribution is 2.32. The van der Waals surface area contributed by atoms with E-state index in [0.29, 0.717) is 34.9 Å². The maximum absolute atomic E-state index is 14.5. The van der Waals surface area contributed by atoms with Crippen LogP contribution in [-0.2, 0) is 12.7 Å². The molecule has 4 N–H and O–H groups in total. The van der Waals surface area contributed by atoms with Crippen LogP contribution in [0.4, 0.5) is 43.9 Å². The number of amides is 2. The molecule has 4 rings (SSSR count). The van der Waals surface area contributed by atoms with Crippen LogP contribution in [0.25, 0.3) is 22.0 Å². The first-order chi connectivity index (χ1) is 18.0. The average molecular weight is 533 g/mol. The number of fused-ring (bicyclic) bond motifs is 1. The fraction of sp³-hybridized carbons (Fsp3) is 0.160. The number of halogens is 5. The third-order valence-electron chi connectivity index (χ3n) is 5.63. The molecule has 0 radical (unpaired) electrons. The lowest BCUT2D eigenvalue weighted by Crippen LogP contribution is -2.24. The maximum Gasteiger partial charge on any atom is 0.416 e. The van der Waals surface area contributed by atoms with Gasteiger partial charge in [-0.15, -0.1) is 0 Å². The second-order valence-corrected chi connectivity index (χ2v) is 8.08. The lowest BCUT2D eigenvalue weighted by molar-refractivity contribution is -0.137. The van der Waals surface area contributed by atoms with E-state index in [4.69, 9.17) is 0 Å². The molecular formula is C25H20F5N5O3. The fourth-order valence-corrected chi connectivity index (χ4v) is 3.80. The van der Waals surface area contributed by atoms with Gasteiger partial charge in [0.1, 0.15) is 17.5 Å². The number of carbonyl (C=O) groups excluding carboxylic acids is 1. The highest BCUT2D eigenvalue weighted by Gasteiger charge is 2.31. The molecule has 0 spiro atoms. The van der Waals surface area contributed by atoms with Crippen molar-refractivity contribution in [3.8, 4) is 11.1 Å². The Labute approximate surface area is 211 Å². The first kappa shape index (κ1) is 26.5. The van der Waals surface area contributed by atoms with E-state index in [-0.39, 0.29) is 24.3 Å². The molecule has 2 aromatic heterocycles. The Kier molecular flexibility index (Phi) is 7.30. The summed E-state index contributed by atoms with van der Waals surface area (Å²) in [7, 11) is 1.65. The Morgan fingerprint density at radius 2 is 1.66 bits per heavy atom. The first-order valence-electron chi connectivity index (χ1n) is 11.1. The number of aliphatic hydroxyl groups is 1. The van der Waals surface area contributed by atoms with E-state index in [1.165, 1.54) is 22.9 Å². The van der Waals surface area contributed by atoms with Crippen LogP contribution in [0.15, 0.2) is 59.5 Å². The van der Waals surface area contributed by atoms with Crippen LogP contribution in [0.2, 0.25) is 0 Å². The van der Waals surface area contributed by atoms with Gasteiger partial charge >= 0.3 is 12.2 Å². The van der Waals surface area contributed by atoms with Crippen molar-refractivity contribution in [2.45, 2.75) is 12.7 Å². The van der Waals surface area contributed by atoms with Gasteiger partial charge in [0, 0.05) is 36.8 Å². The Hall–Kier alpha value is -4.52. The normalized spacial score (nSPS) is 11.4. The molecule has 0 saturated heterocycles. The van der Waals surface area contributed by atoms with E-state index >= 15 is 0 Å². The number of pyridine rings is 2. The molecule has 2 aromatic carbocycles. The van der Waals surface area contributed by atoms with Gasteiger partial charge < -0.3 is 25.6 Å². The van der Waals surface area contributed by atoms with Crippen LogP contribution < -0.4 is 21.5 Å². The van der Waals surface area contributed by atoms with Crippen molar-refractivity contribution in [1.82, 2.24) is 9.55 Å². The van der Waals surface area contributed by atoms with E-state index in [9.17, 15) is 36.6 Å². The molecule has 2 amide bonds. The quantitative estimate of drug-likeness (QED) is 0.260. The third-order valence-corrected chi connectivity index (χ3v) is 5.63. The largest absolute Gasteiger partial charge is 0.416 e. The minimum atomic E-state index is -4.77. The molecule has 0 aliphatic carbocycles. The fourth-order valence-electron chi connectivity index (χ4n) is 3.80. The SMILES string of the molecule is CNc1cc2c(cn1)cc(-c1ccc(F)c(NC(=O)Nc3cc(C(F)(F)F)ccc3F)c1)c(=O)n2CCO. The Balaban J connectivity index is 1.69. The van der Waals surface area contributed by atoms with Gasteiger partial charge in [-0.2, -0.15) is 13.2 Å². The number of benzene rings is 2. The lowest BCUT2D eigenvalue weighted by Gasteiger charge is -2.15. The van der Waals surface area contributed by atoms with E-state index in [2.05, 4.69) is 15.6 Å². The zero-order valence-corrected chi connectivity index (χ0v) is 19.7. The highest BCUT2D eigenvalue weighted by atomic mass is 19.4. The number of urea groups is 1. The molecule has 0 aliphatic heterocycles. The van der Waals surface area contributed by atoms with Gasteiger partial charge in [-0.05, 0) is 42.0 Å². The predicted molar refractivity (Wildman–Crippen MR) is 132 cm³/mol. The molecule has 0 unspecified atom stereocenters. The lowest BCUT2D eigenvalue weighted by atomic mass is 10.0. The summed E-state index contributed by atoms with van der Waals surface area (Å²) >= 11 is 0. The van der Waals surface area contributed by atoms with E-state index in [1.807, 2.05) is 5.32 Å². The van der Waals surface area contributed by atoms with Crippen molar-refractivity contribution < 1.29 is 31.9 Å². The van der Waals surface area contributed by atoms with Crippen LogP contribution in [0.3, 0.4) is 0 Å². The van der Waals surface area contributed by atoms with Gasteiger partial charge in [-0.1, -0.05) is 6.07 Å². The summed E-state index contributed by atoms with van der Waals surface area (Å²) in [6, 6.07) is 6.85. The monoisotopic (exact) mass is 533 g/mol. The molecule has 0 fully saturated rings. The van der Waals surface area contributed by atoms with Gasteiger partial charge in [-0.3, -0.25) is 4.79 Å². The van der Waals surface area contributed by atoms with Gasteiger partial charge in [-0.25, -0.2) is 18.6 Å². The Morgan fingerprint density at radius 3 is 2.29 bits per heavy atom. The third kappa shape index (κ3) is 5.42. The summed E-state index contributed by atoms with van der Waals surface area (Å²) in [5.41, 5.74) is -2.06. The van der Waals surface area contributed by atoms with Crippen molar-refractivity contribution in [1.29, 1.82) is 0 Å². The molecule has 0 saturated carbocycles. The average Bonchev–Trinajstić information content (AvgIpc) is 2.87. The van der Waals surface area contributed by atoms with Crippen molar-refractivity contribution in [2.75, 3.05) is 29.6 Å². The summed E-state index contributed by atoms with van der Waals surface area (Å²) in [5, 5.41) is 16.9. The maximum atomic E-state index is 14.5.